The zero-order valence-corrected chi connectivity index (χ0v) is 16.7. The molecule has 2 aromatic carbocycles. The molecule has 4 nitrogen and oxygen atoms in total. The number of aromatic nitrogens is 4. The molecule has 0 radical (unpaired) electrons. The van der Waals surface area contributed by atoms with Gasteiger partial charge in [-0.25, -0.2) is 9.73 Å². The van der Waals surface area contributed by atoms with Crippen molar-refractivity contribution in [2.75, 3.05) is 0 Å². The largest absolute Gasteiger partial charge is 0.462 e. The van der Waals surface area contributed by atoms with E-state index < -0.39 is 62.8 Å². The second kappa shape index (κ2) is 7.12. The van der Waals surface area contributed by atoms with Gasteiger partial charge in [-0.2, -0.15) is 61.5 Å². The van der Waals surface area contributed by atoms with Gasteiger partial charge in [0.1, 0.15) is 0 Å². The zero-order valence-electron chi connectivity index (χ0n) is 16.7. The number of benzene rings is 2. The first-order chi connectivity index (χ1) is 16.1. The molecular formula is C18H8F14N4. The van der Waals surface area contributed by atoms with Gasteiger partial charge in [-0.1, -0.05) is 6.07 Å². The van der Waals surface area contributed by atoms with Gasteiger partial charge in [-0.05, 0) is 35.0 Å². The Morgan fingerprint density at radius 3 is 1.69 bits per heavy atom. The molecule has 4 aromatic rings. The van der Waals surface area contributed by atoms with Crippen molar-refractivity contribution in [3.63, 3.8) is 0 Å². The number of aromatic amines is 2. The Morgan fingerprint density at radius 1 is 0.639 bits per heavy atom. The molecule has 0 aliphatic rings. The Kier molecular flexibility index (Phi) is 5.09. The Morgan fingerprint density at radius 2 is 1.17 bits per heavy atom. The predicted molar refractivity (Wildman–Crippen MR) is 94.0 cm³/mol. The van der Waals surface area contributed by atoms with Crippen LogP contribution in [0.25, 0.3) is 27.2 Å². The van der Waals surface area contributed by atoms with Crippen molar-refractivity contribution in [1.29, 1.82) is 0 Å². The van der Waals surface area contributed by atoms with Crippen LogP contribution in [0.2, 0.25) is 0 Å². The Balaban J connectivity index is 1.96. The molecule has 4 rings (SSSR count). The molecule has 18 heteroatoms. The minimum atomic E-state index is -6.67. The molecule has 198 valence electrons. The lowest BCUT2D eigenvalue weighted by molar-refractivity contribution is -0.386. The van der Waals surface area contributed by atoms with Gasteiger partial charge in [0.2, 0.25) is 0 Å². The van der Waals surface area contributed by atoms with E-state index in [1.54, 1.807) is 5.10 Å². The maximum atomic E-state index is 14.2. The van der Waals surface area contributed by atoms with Crippen molar-refractivity contribution in [2.45, 2.75) is 36.2 Å². The SMILES string of the molecule is FC(F)(F)C(F)(F)C(F)(F)c1cc2ccc3[nH]n(C(F)(F)C(F)(F)C(F)(F)F)[nH]n4ccc(c1)c2c34. The average Bonchev–Trinajstić information content (AvgIpc) is 2.75. The molecular weight excluding hydrogens is 538 g/mol. The summed E-state index contributed by atoms with van der Waals surface area (Å²) in [6.45, 7) is 0. The first-order valence-corrected chi connectivity index (χ1v) is 9.21. The molecule has 0 atom stereocenters. The van der Waals surface area contributed by atoms with Gasteiger partial charge >= 0.3 is 36.2 Å². The number of alkyl halides is 14. The summed E-state index contributed by atoms with van der Waals surface area (Å²) in [5, 5.41) is 2.09. The third-order valence-electron chi connectivity index (χ3n) is 5.33. The number of pyridine rings is 1. The van der Waals surface area contributed by atoms with E-state index in [-0.39, 0.29) is 23.0 Å². The van der Waals surface area contributed by atoms with E-state index in [4.69, 9.17) is 0 Å². The highest BCUT2D eigenvalue weighted by atomic mass is 19.4. The number of rotatable bonds is 4. The van der Waals surface area contributed by atoms with Crippen LogP contribution in [0.3, 0.4) is 0 Å². The predicted octanol–water partition coefficient (Wildman–Crippen LogP) is 7.30. The summed E-state index contributed by atoms with van der Waals surface area (Å²) in [6.07, 6.45) is -12.6. The van der Waals surface area contributed by atoms with Gasteiger partial charge in [0.05, 0.1) is 11.0 Å². The van der Waals surface area contributed by atoms with Crippen LogP contribution in [-0.4, -0.2) is 43.8 Å². The third-order valence-corrected chi connectivity index (χ3v) is 5.33. The lowest BCUT2D eigenvalue weighted by Gasteiger charge is -2.30. The molecule has 2 aromatic heterocycles. The number of halogens is 14. The molecule has 0 fully saturated rings. The quantitative estimate of drug-likeness (QED) is 0.199. The fourth-order valence-corrected chi connectivity index (χ4v) is 3.50. The maximum absolute atomic E-state index is 14.2. The first kappa shape index (κ1) is 25.7. The molecule has 0 aliphatic carbocycles. The van der Waals surface area contributed by atoms with Crippen LogP contribution >= 0.6 is 0 Å². The number of nitrogens with one attached hydrogen (secondary N) is 2. The van der Waals surface area contributed by atoms with E-state index in [1.165, 1.54) is 5.21 Å². The lowest BCUT2D eigenvalue weighted by atomic mass is 9.95. The van der Waals surface area contributed by atoms with Crippen molar-refractivity contribution < 1.29 is 61.5 Å². The normalized spacial score (nSPS) is 14.9. The molecule has 2 heterocycles. The summed E-state index contributed by atoms with van der Waals surface area (Å²) >= 11 is 0. The molecule has 0 amide bonds. The zero-order chi connectivity index (χ0) is 27.3. The van der Waals surface area contributed by atoms with Crippen LogP contribution in [0, 0.1) is 0 Å². The molecule has 36 heavy (non-hydrogen) atoms. The van der Waals surface area contributed by atoms with Gasteiger partial charge < -0.3 is 0 Å². The smallest absolute Gasteiger partial charge is 0.275 e. The van der Waals surface area contributed by atoms with Crippen LogP contribution in [0.4, 0.5) is 61.5 Å². The molecule has 0 saturated carbocycles. The Bertz CT molecular complexity index is 1300. The van der Waals surface area contributed by atoms with E-state index in [0.29, 0.717) is 10.7 Å². The average molecular weight is 546 g/mol. The minimum absolute atomic E-state index is 0.213. The second-order valence-electron chi connectivity index (χ2n) is 7.62. The van der Waals surface area contributed by atoms with Crippen LogP contribution in [0.5, 0.6) is 0 Å². The fourth-order valence-electron chi connectivity index (χ4n) is 3.50. The third kappa shape index (κ3) is 3.28. The summed E-state index contributed by atoms with van der Waals surface area (Å²) in [7, 11) is 0. The summed E-state index contributed by atoms with van der Waals surface area (Å²) in [5.74, 6) is -18.8. The molecule has 0 bridgehead atoms. The van der Waals surface area contributed by atoms with E-state index in [2.05, 4.69) is 0 Å². The van der Waals surface area contributed by atoms with Crippen LogP contribution < -0.4 is 0 Å². The Labute approximate surface area is 187 Å². The Hall–Kier alpha value is -3.34. The number of H-pyrrole nitrogens is 2. The van der Waals surface area contributed by atoms with Crippen LogP contribution in [0.15, 0.2) is 36.5 Å². The number of hydrogen-bond donors (Lipinski definition) is 2. The molecule has 0 saturated heterocycles. The number of nitrogens with zero attached hydrogens (tertiary/aromatic N) is 2. The van der Waals surface area contributed by atoms with E-state index in [9.17, 15) is 61.5 Å². The van der Waals surface area contributed by atoms with Gasteiger partial charge in [0.15, 0.2) is 0 Å². The standard InChI is InChI=1S/C18H8F14N4/c19-13(20,14(21,22)16(25,26)27)9-5-7-1-2-10-12-11(7)8(6-9)3-4-35(12)34-36(33-10)18(31,32)15(23,24)17(28,29)30/h1-6,33-34H. The van der Waals surface area contributed by atoms with Crippen molar-refractivity contribution in [3.05, 3.63) is 42.1 Å². The van der Waals surface area contributed by atoms with Gasteiger partial charge in [-0.3, -0.25) is 5.10 Å². The summed E-state index contributed by atoms with van der Waals surface area (Å²) in [4.78, 5) is -0.962. The van der Waals surface area contributed by atoms with E-state index in [1.807, 2.05) is 0 Å². The number of hydrogen-bond acceptors (Lipinski definition) is 0. The van der Waals surface area contributed by atoms with Gasteiger partial charge in [0.25, 0.3) is 0 Å². The van der Waals surface area contributed by atoms with Crippen molar-refractivity contribution >= 4 is 27.2 Å². The van der Waals surface area contributed by atoms with Crippen molar-refractivity contribution in [3.8, 4) is 0 Å². The van der Waals surface area contributed by atoms with Crippen LogP contribution in [0.1, 0.15) is 5.56 Å². The topological polar surface area (TPSA) is 40.9 Å². The highest BCUT2D eigenvalue weighted by Gasteiger charge is 2.75. The minimum Gasteiger partial charge on any atom is -0.275 e. The van der Waals surface area contributed by atoms with Gasteiger partial charge in [0, 0.05) is 17.1 Å². The highest BCUT2D eigenvalue weighted by molar-refractivity contribution is 6.13. The van der Waals surface area contributed by atoms with Gasteiger partial charge in [-0.15, -0.1) is 4.80 Å². The first-order valence-electron chi connectivity index (χ1n) is 9.21. The fraction of sp³-hybridized carbons (Fsp3) is 0.333. The summed E-state index contributed by atoms with van der Waals surface area (Å²) in [6, 6.07) is -3.13. The summed E-state index contributed by atoms with van der Waals surface area (Å²) in [5.41, 5.74) is -2.63. The molecule has 0 unspecified atom stereocenters. The molecule has 2 N–H and O–H groups in total. The van der Waals surface area contributed by atoms with Crippen LogP contribution in [-0.2, 0) is 12.0 Å². The summed E-state index contributed by atoms with van der Waals surface area (Å²) < 4.78 is 187. The van der Waals surface area contributed by atoms with Crippen molar-refractivity contribution in [2.24, 2.45) is 0 Å². The van der Waals surface area contributed by atoms with Crippen molar-refractivity contribution in [1.82, 2.24) is 19.6 Å². The molecule has 0 spiro atoms. The lowest BCUT2D eigenvalue weighted by Crippen LogP contribution is -2.54. The van der Waals surface area contributed by atoms with E-state index >= 15 is 0 Å². The maximum Gasteiger partial charge on any atom is 0.462 e. The highest BCUT2D eigenvalue weighted by Crippen LogP contribution is 2.53. The second-order valence-corrected chi connectivity index (χ2v) is 7.62. The van der Waals surface area contributed by atoms with E-state index in [0.717, 1.165) is 18.2 Å². The monoisotopic (exact) mass is 546 g/mol. The molecule has 0 aliphatic heterocycles.